The molecule has 0 unspecified atom stereocenters. The normalized spacial score (nSPS) is 13.6. The maximum atomic E-state index is 4.53. The third-order valence-electron chi connectivity index (χ3n) is 4.40. The van der Waals surface area contributed by atoms with Crippen LogP contribution in [0.2, 0.25) is 0 Å². The number of aliphatic imine (C=N–C) groups is 1. The van der Waals surface area contributed by atoms with Crippen LogP contribution in [0.5, 0.6) is 0 Å². The molecule has 0 fully saturated rings. The average molecular weight is 362 g/mol. The number of rotatable bonds is 5. The summed E-state index contributed by atoms with van der Waals surface area (Å²) in [7, 11) is 0. The summed E-state index contributed by atoms with van der Waals surface area (Å²) in [6.07, 6.45) is 5.13. The summed E-state index contributed by atoms with van der Waals surface area (Å²) in [6.45, 7) is 7.83. The van der Waals surface area contributed by atoms with Crippen molar-refractivity contribution in [1.82, 2.24) is 20.5 Å². The maximum Gasteiger partial charge on any atom is 0.212 e. The molecule has 0 bridgehead atoms. The van der Waals surface area contributed by atoms with E-state index < -0.39 is 0 Å². The van der Waals surface area contributed by atoms with Crippen molar-refractivity contribution >= 4 is 11.7 Å². The van der Waals surface area contributed by atoms with Gasteiger partial charge in [0.25, 0.3) is 0 Å². The zero-order chi connectivity index (χ0) is 19.1. The van der Waals surface area contributed by atoms with Crippen molar-refractivity contribution in [2.75, 3.05) is 13.1 Å². The van der Waals surface area contributed by atoms with Gasteiger partial charge in [-0.15, -0.1) is 0 Å². The van der Waals surface area contributed by atoms with E-state index in [0.29, 0.717) is 0 Å². The minimum atomic E-state index is 0.718. The molecule has 0 aliphatic carbocycles. The van der Waals surface area contributed by atoms with Gasteiger partial charge < -0.3 is 5.32 Å². The molecule has 2 N–H and O–H groups in total. The van der Waals surface area contributed by atoms with Crippen LogP contribution in [0.3, 0.4) is 0 Å². The molecule has 1 aromatic carbocycles. The van der Waals surface area contributed by atoms with Crippen molar-refractivity contribution in [3.63, 3.8) is 0 Å². The van der Waals surface area contributed by atoms with Crippen molar-refractivity contribution in [2.24, 2.45) is 10.1 Å². The summed E-state index contributed by atoms with van der Waals surface area (Å²) in [4.78, 5) is 4.27. The fourth-order valence-corrected chi connectivity index (χ4v) is 2.81. The molecule has 3 rings (SSSR count). The van der Waals surface area contributed by atoms with Crippen LogP contribution in [0.1, 0.15) is 49.9 Å². The van der Waals surface area contributed by atoms with Crippen molar-refractivity contribution in [3.05, 3.63) is 47.3 Å². The first-order chi connectivity index (χ1) is 13.2. The number of nitrogens with one attached hydrogen (secondary N) is 2. The number of hydrogen-bond acceptors (Lipinski definition) is 5. The standard InChI is InChI=1S/C21H26N6/c1-4-5-6-7-8-18-9-11-19(12-10-18)27-17(3)20(15-24-27)16(2)25-26-21-22-13-14-23-21/h9-12,15H,4-6,13-14H2,1-3H3,(H2,22,23,26)/b25-16+. The van der Waals surface area contributed by atoms with Crippen LogP contribution in [-0.4, -0.2) is 34.5 Å². The topological polar surface area (TPSA) is 66.6 Å². The predicted molar refractivity (Wildman–Crippen MR) is 110 cm³/mol. The molecule has 6 heteroatoms. The minimum Gasteiger partial charge on any atom is -0.353 e. The van der Waals surface area contributed by atoms with Gasteiger partial charge >= 0.3 is 0 Å². The zero-order valence-corrected chi connectivity index (χ0v) is 16.2. The first-order valence-corrected chi connectivity index (χ1v) is 9.42. The second kappa shape index (κ2) is 9.04. The fourth-order valence-electron chi connectivity index (χ4n) is 2.81. The predicted octanol–water partition coefficient (Wildman–Crippen LogP) is 3.00. The molecular formula is C21H26N6. The van der Waals surface area contributed by atoms with E-state index in [0.717, 1.165) is 60.1 Å². The van der Waals surface area contributed by atoms with Gasteiger partial charge in [-0.2, -0.15) is 10.2 Å². The molecule has 1 aromatic heterocycles. The van der Waals surface area contributed by atoms with Crippen molar-refractivity contribution < 1.29 is 0 Å². The first kappa shape index (κ1) is 18.7. The van der Waals surface area contributed by atoms with Crippen LogP contribution in [0.25, 0.3) is 5.69 Å². The number of nitrogens with zero attached hydrogens (tertiary/aromatic N) is 4. The maximum absolute atomic E-state index is 4.53. The summed E-state index contributed by atoms with van der Waals surface area (Å²) < 4.78 is 1.92. The molecule has 0 saturated heterocycles. The van der Waals surface area contributed by atoms with E-state index in [1.54, 1.807) is 0 Å². The zero-order valence-electron chi connectivity index (χ0n) is 16.2. The molecule has 0 atom stereocenters. The van der Waals surface area contributed by atoms with Crippen molar-refractivity contribution in [2.45, 2.75) is 40.0 Å². The van der Waals surface area contributed by atoms with E-state index in [-0.39, 0.29) is 0 Å². The van der Waals surface area contributed by atoms with Gasteiger partial charge in [0.15, 0.2) is 0 Å². The Bertz CT molecular complexity index is 893. The van der Waals surface area contributed by atoms with Gasteiger partial charge in [0.1, 0.15) is 0 Å². The van der Waals surface area contributed by atoms with Crippen molar-refractivity contribution in [1.29, 1.82) is 0 Å². The lowest BCUT2D eigenvalue weighted by Crippen LogP contribution is -2.30. The average Bonchev–Trinajstić information content (AvgIpc) is 3.34. The summed E-state index contributed by atoms with van der Waals surface area (Å²) in [6, 6.07) is 8.19. The van der Waals surface area contributed by atoms with E-state index in [9.17, 15) is 0 Å². The molecule has 0 spiro atoms. The van der Waals surface area contributed by atoms with E-state index in [4.69, 9.17) is 0 Å². The molecule has 140 valence electrons. The van der Waals surface area contributed by atoms with Gasteiger partial charge in [-0.05, 0) is 44.5 Å². The highest BCUT2D eigenvalue weighted by Gasteiger charge is 2.11. The fraction of sp³-hybridized carbons (Fsp3) is 0.381. The van der Waals surface area contributed by atoms with Crippen molar-refractivity contribution in [3.8, 4) is 17.5 Å². The Labute approximate surface area is 160 Å². The highest BCUT2D eigenvalue weighted by molar-refractivity contribution is 6.00. The molecule has 27 heavy (non-hydrogen) atoms. The number of hydrogen-bond donors (Lipinski definition) is 2. The Balaban J connectivity index is 1.72. The number of unbranched alkanes of at least 4 members (excludes halogenated alkanes) is 2. The Kier molecular flexibility index (Phi) is 6.26. The van der Waals surface area contributed by atoms with Crippen LogP contribution in [-0.2, 0) is 0 Å². The Morgan fingerprint density at radius 1 is 1.33 bits per heavy atom. The van der Waals surface area contributed by atoms with E-state index in [1.165, 1.54) is 6.42 Å². The second-order valence-corrected chi connectivity index (χ2v) is 6.47. The van der Waals surface area contributed by atoms with Crippen LogP contribution < -0.4 is 10.7 Å². The van der Waals surface area contributed by atoms with Gasteiger partial charge in [-0.1, -0.05) is 25.2 Å². The number of aromatic nitrogens is 2. The molecular weight excluding hydrogens is 336 g/mol. The molecule has 0 amide bonds. The number of benzene rings is 1. The van der Waals surface area contributed by atoms with E-state index in [1.807, 2.05) is 36.9 Å². The quantitative estimate of drug-likeness (QED) is 0.372. The van der Waals surface area contributed by atoms with Crippen LogP contribution >= 0.6 is 0 Å². The van der Waals surface area contributed by atoms with E-state index in [2.05, 4.69) is 56.8 Å². The van der Waals surface area contributed by atoms with Gasteiger partial charge in [-0.3, -0.25) is 0 Å². The highest BCUT2D eigenvalue weighted by Crippen LogP contribution is 2.15. The summed E-state index contributed by atoms with van der Waals surface area (Å²) in [5.74, 6) is 7.15. The van der Waals surface area contributed by atoms with Crippen LogP contribution in [0.15, 0.2) is 40.6 Å². The minimum absolute atomic E-state index is 0.718. The van der Waals surface area contributed by atoms with Gasteiger partial charge in [-0.25, -0.2) is 15.1 Å². The highest BCUT2D eigenvalue weighted by atomic mass is 15.4. The number of guanidine groups is 1. The summed E-state index contributed by atoms with van der Waals surface area (Å²) in [5.41, 5.74) is 7.93. The Morgan fingerprint density at radius 3 is 2.85 bits per heavy atom. The number of hydrazone groups is 1. The summed E-state index contributed by atoms with van der Waals surface area (Å²) in [5, 5.41) is 12.1. The van der Waals surface area contributed by atoms with Gasteiger partial charge in [0.05, 0.1) is 29.8 Å². The molecule has 1 aliphatic rings. The molecule has 6 nitrogen and oxygen atoms in total. The lowest BCUT2D eigenvalue weighted by molar-refractivity contribution is 0.828. The lowest BCUT2D eigenvalue weighted by Gasteiger charge is -2.06. The lowest BCUT2D eigenvalue weighted by atomic mass is 10.1. The first-order valence-electron chi connectivity index (χ1n) is 9.42. The van der Waals surface area contributed by atoms with Gasteiger partial charge in [0.2, 0.25) is 5.96 Å². The van der Waals surface area contributed by atoms with Gasteiger partial charge in [0, 0.05) is 24.1 Å². The molecule has 1 aliphatic heterocycles. The summed E-state index contributed by atoms with van der Waals surface area (Å²) >= 11 is 0. The third-order valence-corrected chi connectivity index (χ3v) is 4.40. The Morgan fingerprint density at radius 2 is 2.15 bits per heavy atom. The van der Waals surface area contributed by atoms with Crippen LogP contribution in [0, 0.1) is 18.8 Å². The van der Waals surface area contributed by atoms with Crippen LogP contribution in [0.4, 0.5) is 0 Å². The molecule has 2 aromatic rings. The molecule has 2 heterocycles. The second-order valence-electron chi connectivity index (χ2n) is 6.47. The molecule has 0 radical (unpaired) electrons. The smallest absolute Gasteiger partial charge is 0.212 e. The van der Waals surface area contributed by atoms with E-state index >= 15 is 0 Å². The largest absolute Gasteiger partial charge is 0.353 e. The third kappa shape index (κ3) is 4.76. The molecule has 0 saturated carbocycles. The Hall–Kier alpha value is -3.07. The SMILES string of the molecule is CCCCC#Cc1ccc(-n2ncc(/C(C)=N/NC3=NCCN3)c2C)cc1. The monoisotopic (exact) mass is 362 g/mol.